The second-order valence-corrected chi connectivity index (χ2v) is 5.71. The van der Waals surface area contributed by atoms with Crippen LogP contribution in [0, 0.1) is 5.92 Å². The maximum Gasteiger partial charge on any atom is 0.0441 e. The molecule has 1 aromatic rings. The smallest absolute Gasteiger partial charge is 0.0441 e. The minimum Gasteiger partial charge on any atom is -0.321 e. The Balaban J connectivity index is 2.12. The van der Waals surface area contributed by atoms with Crippen LogP contribution in [0.2, 0.25) is 0 Å². The molecule has 0 aliphatic heterocycles. The molecule has 1 nitrogen and oxygen atoms in total. The van der Waals surface area contributed by atoms with Gasteiger partial charge in [0.2, 0.25) is 0 Å². The average Bonchev–Trinajstić information content (AvgIpc) is 2.31. The second-order valence-electron chi connectivity index (χ2n) is 5.71. The van der Waals surface area contributed by atoms with E-state index in [9.17, 15) is 0 Å². The lowest BCUT2D eigenvalue weighted by Gasteiger charge is -2.48. The highest BCUT2D eigenvalue weighted by Gasteiger charge is 2.44. The summed E-state index contributed by atoms with van der Waals surface area (Å²) in [6, 6.07) is 8.85. The lowest BCUT2D eigenvalue weighted by Crippen LogP contribution is -2.49. The highest BCUT2D eigenvalue weighted by molar-refractivity contribution is 5.39. The van der Waals surface area contributed by atoms with Crippen LogP contribution >= 0.6 is 0 Å². The molecule has 3 unspecified atom stereocenters. The molecule has 1 saturated carbocycles. The quantitative estimate of drug-likeness (QED) is 0.704. The molecule has 2 N–H and O–H groups in total. The number of fused-ring (bicyclic) bond motifs is 3. The summed E-state index contributed by atoms with van der Waals surface area (Å²) in [5, 5.41) is 0. The molecule has 0 bridgehead atoms. The van der Waals surface area contributed by atoms with E-state index in [1.165, 1.54) is 43.2 Å². The van der Waals surface area contributed by atoms with E-state index in [2.05, 4.69) is 31.2 Å². The third-order valence-corrected chi connectivity index (χ3v) is 4.75. The normalized spacial score (nSPS) is 37.6. The molecule has 3 rings (SSSR count). The van der Waals surface area contributed by atoms with Crippen molar-refractivity contribution >= 4 is 0 Å². The van der Waals surface area contributed by atoms with Crippen molar-refractivity contribution in [1.82, 2.24) is 0 Å². The fourth-order valence-corrected chi connectivity index (χ4v) is 3.86. The minimum absolute atomic E-state index is 0.0125. The van der Waals surface area contributed by atoms with Crippen molar-refractivity contribution in [3.8, 4) is 0 Å². The second kappa shape index (κ2) is 3.59. The third kappa shape index (κ3) is 1.34. The highest BCUT2D eigenvalue weighted by Crippen LogP contribution is 2.50. The van der Waals surface area contributed by atoms with Crippen molar-refractivity contribution in [2.24, 2.45) is 11.7 Å². The summed E-state index contributed by atoms with van der Waals surface area (Å²) in [4.78, 5) is 0. The number of benzene rings is 1. The summed E-state index contributed by atoms with van der Waals surface area (Å²) in [5.41, 5.74) is 9.67. The van der Waals surface area contributed by atoms with E-state index >= 15 is 0 Å². The van der Waals surface area contributed by atoms with Crippen LogP contribution < -0.4 is 5.73 Å². The zero-order chi connectivity index (χ0) is 11.2. The fourth-order valence-electron chi connectivity index (χ4n) is 3.86. The molecule has 1 fully saturated rings. The first-order valence-corrected chi connectivity index (χ1v) is 6.60. The lowest BCUT2D eigenvalue weighted by atomic mass is 9.61. The first-order chi connectivity index (χ1) is 7.72. The maximum absolute atomic E-state index is 6.74. The number of hydrogen-bond acceptors (Lipinski definition) is 1. The summed E-state index contributed by atoms with van der Waals surface area (Å²) in [5.74, 6) is 1.40. The first kappa shape index (κ1) is 10.3. The fraction of sp³-hybridized carbons (Fsp3) is 0.600. The van der Waals surface area contributed by atoms with Crippen molar-refractivity contribution in [3.05, 3.63) is 35.4 Å². The molecule has 16 heavy (non-hydrogen) atoms. The van der Waals surface area contributed by atoms with Gasteiger partial charge in [0.1, 0.15) is 0 Å². The lowest BCUT2D eigenvalue weighted by molar-refractivity contribution is 0.154. The predicted octanol–water partition coefficient (Wildman–Crippen LogP) is 3.54. The van der Waals surface area contributed by atoms with E-state index in [0.29, 0.717) is 11.8 Å². The van der Waals surface area contributed by atoms with E-state index in [-0.39, 0.29) is 5.54 Å². The van der Waals surface area contributed by atoms with Crippen molar-refractivity contribution in [2.75, 3.05) is 0 Å². The van der Waals surface area contributed by atoms with Crippen LogP contribution in [0.3, 0.4) is 0 Å². The Morgan fingerprint density at radius 3 is 2.94 bits per heavy atom. The Hall–Kier alpha value is -0.820. The van der Waals surface area contributed by atoms with E-state index in [1.54, 1.807) is 0 Å². The van der Waals surface area contributed by atoms with Crippen LogP contribution in [0.25, 0.3) is 0 Å². The average molecular weight is 215 g/mol. The topological polar surface area (TPSA) is 26.0 Å². The summed E-state index contributed by atoms with van der Waals surface area (Å²) < 4.78 is 0. The Kier molecular flexibility index (Phi) is 2.32. The summed E-state index contributed by atoms with van der Waals surface area (Å²) in [6.07, 6.45) is 6.47. The van der Waals surface area contributed by atoms with Crippen LogP contribution in [-0.4, -0.2) is 0 Å². The van der Waals surface area contributed by atoms with E-state index in [1.807, 2.05) is 0 Å². The Morgan fingerprint density at radius 2 is 2.06 bits per heavy atom. The largest absolute Gasteiger partial charge is 0.321 e. The highest BCUT2D eigenvalue weighted by atomic mass is 14.8. The SMILES string of the molecule is CC1CC2CCCCC2(N)c2ccccc21. The monoisotopic (exact) mass is 215 g/mol. The molecule has 2 aliphatic rings. The van der Waals surface area contributed by atoms with Gasteiger partial charge < -0.3 is 5.73 Å². The van der Waals surface area contributed by atoms with Gasteiger partial charge in [0.15, 0.2) is 0 Å². The van der Waals surface area contributed by atoms with Gasteiger partial charge in [-0.1, -0.05) is 44.0 Å². The molecule has 0 radical (unpaired) electrons. The molecular weight excluding hydrogens is 194 g/mol. The molecule has 0 heterocycles. The molecule has 0 saturated heterocycles. The molecular formula is C15H21N. The first-order valence-electron chi connectivity index (χ1n) is 6.60. The van der Waals surface area contributed by atoms with Gasteiger partial charge in [-0.25, -0.2) is 0 Å². The zero-order valence-corrected chi connectivity index (χ0v) is 10.1. The minimum atomic E-state index is -0.0125. The molecule has 86 valence electrons. The van der Waals surface area contributed by atoms with Gasteiger partial charge in [-0.05, 0) is 42.2 Å². The van der Waals surface area contributed by atoms with Gasteiger partial charge in [-0.15, -0.1) is 0 Å². The summed E-state index contributed by atoms with van der Waals surface area (Å²) in [7, 11) is 0. The summed E-state index contributed by atoms with van der Waals surface area (Å²) >= 11 is 0. The van der Waals surface area contributed by atoms with Gasteiger partial charge in [0, 0.05) is 5.54 Å². The zero-order valence-electron chi connectivity index (χ0n) is 10.1. The molecule has 0 amide bonds. The van der Waals surface area contributed by atoms with Crippen molar-refractivity contribution in [2.45, 2.75) is 50.5 Å². The molecule has 0 aromatic heterocycles. The molecule has 1 aromatic carbocycles. The standard InChI is InChI=1S/C15H21N/c1-11-10-12-6-4-5-9-15(12,16)14-8-3-2-7-13(11)14/h2-3,7-8,11-12H,4-6,9-10,16H2,1H3. The van der Waals surface area contributed by atoms with Crippen LogP contribution in [0.5, 0.6) is 0 Å². The maximum atomic E-state index is 6.74. The van der Waals surface area contributed by atoms with E-state index in [4.69, 9.17) is 5.73 Å². The Bertz CT molecular complexity index is 398. The third-order valence-electron chi connectivity index (χ3n) is 4.75. The van der Waals surface area contributed by atoms with Crippen LogP contribution in [0.1, 0.15) is 56.1 Å². The summed E-state index contributed by atoms with van der Waals surface area (Å²) in [6.45, 7) is 2.35. The Labute approximate surface area is 98.0 Å². The van der Waals surface area contributed by atoms with Gasteiger partial charge >= 0.3 is 0 Å². The van der Waals surface area contributed by atoms with E-state index in [0.717, 1.165) is 0 Å². The van der Waals surface area contributed by atoms with E-state index < -0.39 is 0 Å². The van der Waals surface area contributed by atoms with Crippen LogP contribution in [0.15, 0.2) is 24.3 Å². The molecule has 1 heteroatoms. The van der Waals surface area contributed by atoms with Gasteiger partial charge in [0.25, 0.3) is 0 Å². The van der Waals surface area contributed by atoms with Gasteiger partial charge in [0.05, 0.1) is 0 Å². The van der Waals surface area contributed by atoms with Crippen LogP contribution in [0.4, 0.5) is 0 Å². The Morgan fingerprint density at radius 1 is 1.25 bits per heavy atom. The van der Waals surface area contributed by atoms with Crippen molar-refractivity contribution < 1.29 is 0 Å². The van der Waals surface area contributed by atoms with Crippen molar-refractivity contribution in [3.63, 3.8) is 0 Å². The molecule has 0 spiro atoms. The van der Waals surface area contributed by atoms with Gasteiger partial charge in [-0.2, -0.15) is 0 Å². The van der Waals surface area contributed by atoms with Gasteiger partial charge in [-0.3, -0.25) is 0 Å². The number of rotatable bonds is 0. The number of hydrogen-bond donors (Lipinski definition) is 1. The predicted molar refractivity (Wildman–Crippen MR) is 67.3 cm³/mol. The number of nitrogens with two attached hydrogens (primary N) is 1. The molecule has 3 atom stereocenters. The van der Waals surface area contributed by atoms with Crippen molar-refractivity contribution in [1.29, 1.82) is 0 Å². The van der Waals surface area contributed by atoms with Crippen LogP contribution in [-0.2, 0) is 5.54 Å². The molecule has 2 aliphatic carbocycles.